The van der Waals surface area contributed by atoms with Gasteiger partial charge in [-0.1, -0.05) is 36.2 Å². The molecule has 0 radical (unpaired) electrons. The Bertz CT molecular complexity index is 421. The fourth-order valence-corrected chi connectivity index (χ4v) is 2.69. The van der Waals surface area contributed by atoms with E-state index in [1.807, 2.05) is 7.05 Å². The molecule has 1 amide bonds. The first-order valence-corrected chi connectivity index (χ1v) is 7.15. The summed E-state index contributed by atoms with van der Waals surface area (Å²) in [5.41, 5.74) is 2.42. The quantitative estimate of drug-likeness (QED) is 0.822. The van der Waals surface area contributed by atoms with Gasteiger partial charge in [0.1, 0.15) is 0 Å². The van der Waals surface area contributed by atoms with E-state index in [0.29, 0.717) is 0 Å². The molecule has 2 rings (SSSR count). The van der Waals surface area contributed by atoms with Crippen molar-refractivity contribution in [1.82, 2.24) is 10.6 Å². The summed E-state index contributed by atoms with van der Waals surface area (Å²) in [6.45, 7) is 3.61. The molecule has 0 atom stereocenters. The van der Waals surface area contributed by atoms with Crippen LogP contribution in [0, 0.1) is 12.3 Å². The van der Waals surface area contributed by atoms with Crippen molar-refractivity contribution in [2.75, 3.05) is 20.1 Å². The Balaban J connectivity index is 1.79. The van der Waals surface area contributed by atoms with Crippen molar-refractivity contribution in [2.24, 2.45) is 5.41 Å². The lowest BCUT2D eigenvalue weighted by Crippen LogP contribution is -2.51. The standard InChI is InChI=1S/C16H24N2O/c1-13-4-6-14(7-5-13)8-11-18-15(19)16(12-17-2)9-3-10-16/h4-7,17H,3,8-12H2,1-2H3,(H,18,19). The van der Waals surface area contributed by atoms with E-state index in [9.17, 15) is 4.79 Å². The average Bonchev–Trinajstić information content (AvgIpc) is 2.36. The van der Waals surface area contributed by atoms with Gasteiger partial charge in [-0.05, 0) is 38.8 Å². The largest absolute Gasteiger partial charge is 0.355 e. The van der Waals surface area contributed by atoms with Crippen LogP contribution in [0.15, 0.2) is 24.3 Å². The average molecular weight is 260 g/mol. The van der Waals surface area contributed by atoms with Gasteiger partial charge in [-0.15, -0.1) is 0 Å². The van der Waals surface area contributed by atoms with Gasteiger partial charge in [0.2, 0.25) is 5.91 Å². The SMILES string of the molecule is CNCC1(C(=O)NCCc2ccc(C)cc2)CCC1. The summed E-state index contributed by atoms with van der Waals surface area (Å²) in [5.74, 6) is 0.222. The predicted octanol–water partition coefficient (Wildman–Crippen LogP) is 2.04. The molecule has 19 heavy (non-hydrogen) atoms. The molecule has 1 aromatic carbocycles. The third kappa shape index (κ3) is 3.35. The number of hydrogen-bond donors (Lipinski definition) is 2. The Labute approximate surface area is 115 Å². The molecule has 1 aromatic rings. The highest BCUT2D eigenvalue weighted by Crippen LogP contribution is 2.40. The highest BCUT2D eigenvalue weighted by atomic mass is 16.2. The summed E-state index contributed by atoms with van der Waals surface area (Å²) in [7, 11) is 1.92. The molecule has 1 aliphatic carbocycles. The van der Waals surface area contributed by atoms with Gasteiger partial charge in [0.05, 0.1) is 5.41 Å². The predicted molar refractivity (Wildman–Crippen MR) is 78.1 cm³/mol. The molecule has 2 N–H and O–H groups in total. The Morgan fingerprint density at radius 1 is 1.26 bits per heavy atom. The lowest BCUT2D eigenvalue weighted by molar-refractivity contribution is -0.135. The minimum atomic E-state index is -0.137. The highest BCUT2D eigenvalue weighted by molar-refractivity contribution is 5.83. The highest BCUT2D eigenvalue weighted by Gasteiger charge is 2.43. The number of aryl methyl sites for hydroxylation is 1. The monoisotopic (exact) mass is 260 g/mol. The molecule has 1 fully saturated rings. The zero-order valence-electron chi connectivity index (χ0n) is 12.0. The molecule has 0 saturated heterocycles. The molecule has 3 heteroatoms. The van der Waals surface area contributed by atoms with Crippen molar-refractivity contribution in [2.45, 2.75) is 32.6 Å². The maximum Gasteiger partial charge on any atom is 0.227 e. The number of amides is 1. The number of carbonyl (C=O) groups is 1. The summed E-state index contributed by atoms with van der Waals surface area (Å²) in [6.07, 6.45) is 4.11. The smallest absolute Gasteiger partial charge is 0.227 e. The van der Waals surface area contributed by atoms with Crippen LogP contribution in [0.2, 0.25) is 0 Å². The second-order valence-electron chi connectivity index (χ2n) is 5.66. The molecule has 104 valence electrons. The van der Waals surface area contributed by atoms with E-state index in [1.54, 1.807) is 0 Å². The third-order valence-electron chi connectivity index (χ3n) is 4.13. The van der Waals surface area contributed by atoms with Crippen LogP contribution in [0.4, 0.5) is 0 Å². The topological polar surface area (TPSA) is 41.1 Å². The Morgan fingerprint density at radius 3 is 2.47 bits per heavy atom. The normalized spacial score (nSPS) is 16.7. The summed E-state index contributed by atoms with van der Waals surface area (Å²) in [5, 5.41) is 6.24. The fraction of sp³-hybridized carbons (Fsp3) is 0.562. The summed E-state index contributed by atoms with van der Waals surface area (Å²) in [4.78, 5) is 12.2. The van der Waals surface area contributed by atoms with Crippen LogP contribution in [0.5, 0.6) is 0 Å². The number of benzene rings is 1. The van der Waals surface area contributed by atoms with E-state index < -0.39 is 0 Å². The van der Waals surface area contributed by atoms with E-state index >= 15 is 0 Å². The van der Waals surface area contributed by atoms with E-state index in [-0.39, 0.29) is 11.3 Å². The van der Waals surface area contributed by atoms with Gasteiger partial charge in [0, 0.05) is 13.1 Å². The van der Waals surface area contributed by atoms with E-state index in [4.69, 9.17) is 0 Å². The van der Waals surface area contributed by atoms with Crippen molar-refractivity contribution in [3.05, 3.63) is 35.4 Å². The first-order chi connectivity index (χ1) is 9.16. The maximum atomic E-state index is 12.2. The van der Waals surface area contributed by atoms with Gasteiger partial charge in [-0.25, -0.2) is 0 Å². The molecular formula is C16H24N2O. The van der Waals surface area contributed by atoms with E-state index in [1.165, 1.54) is 17.5 Å². The number of carbonyl (C=O) groups excluding carboxylic acids is 1. The molecule has 3 nitrogen and oxygen atoms in total. The number of hydrogen-bond acceptors (Lipinski definition) is 2. The first kappa shape index (κ1) is 14.1. The van der Waals surface area contributed by atoms with Crippen LogP contribution in [0.25, 0.3) is 0 Å². The fourth-order valence-electron chi connectivity index (χ4n) is 2.69. The summed E-state index contributed by atoms with van der Waals surface area (Å²) < 4.78 is 0. The van der Waals surface area contributed by atoms with Gasteiger partial charge >= 0.3 is 0 Å². The van der Waals surface area contributed by atoms with Crippen LogP contribution in [-0.2, 0) is 11.2 Å². The second kappa shape index (κ2) is 6.20. The van der Waals surface area contributed by atoms with Gasteiger partial charge in [-0.3, -0.25) is 4.79 Å². The van der Waals surface area contributed by atoms with Gasteiger partial charge in [0.25, 0.3) is 0 Å². The van der Waals surface area contributed by atoms with Crippen molar-refractivity contribution < 1.29 is 4.79 Å². The second-order valence-corrected chi connectivity index (χ2v) is 5.66. The lowest BCUT2D eigenvalue weighted by atomic mass is 9.68. The van der Waals surface area contributed by atoms with Gasteiger partial charge < -0.3 is 10.6 Å². The number of rotatable bonds is 6. The van der Waals surface area contributed by atoms with E-state index in [0.717, 1.165) is 32.4 Å². The zero-order chi connectivity index (χ0) is 13.7. The molecule has 0 spiro atoms. The molecular weight excluding hydrogens is 236 g/mol. The van der Waals surface area contributed by atoms with Crippen molar-refractivity contribution in [3.63, 3.8) is 0 Å². The third-order valence-corrected chi connectivity index (χ3v) is 4.13. The summed E-state index contributed by atoms with van der Waals surface area (Å²) >= 11 is 0. The van der Waals surface area contributed by atoms with E-state index in [2.05, 4.69) is 41.8 Å². The minimum Gasteiger partial charge on any atom is -0.355 e. The molecule has 1 saturated carbocycles. The first-order valence-electron chi connectivity index (χ1n) is 7.15. The van der Waals surface area contributed by atoms with Gasteiger partial charge in [0.15, 0.2) is 0 Å². The van der Waals surface area contributed by atoms with Gasteiger partial charge in [-0.2, -0.15) is 0 Å². The number of nitrogens with one attached hydrogen (secondary N) is 2. The Kier molecular flexibility index (Phi) is 4.59. The Morgan fingerprint density at radius 2 is 1.95 bits per heavy atom. The van der Waals surface area contributed by atoms with Crippen LogP contribution in [0.1, 0.15) is 30.4 Å². The van der Waals surface area contributed by atoms with Crippen molar-refractivity contribution in [3.8, 4) is 0 Å². The van der Waals surface area contributed by atoms with Crippen molar-refractivity contribution >= 4 is 5.91 Å². The zero-order valence-corrected chi connectivity index (χ0v) is 12.0. The van der Waals surface area contributed by atoms with Crippen molar-refractivity contribution in [1.29, 1.82) is 0 Å². The maximum absolute atomic E-state index is 12.2. The van der Waals surface area contributed by atoms with Crippen LogP contribution >= 0.6 is 0 Å². The molecule has 0 aliphatic heterocycles. The Hall–Kier alpha value is -1.35. The minimum absolute atomic E-state index is 0.137. The molecule has 0 heterocycles. The van der Waals surface area contributed by atoms with Crippen LogP contribution in [0.3, 0.4) is 0 Å². The summed E-state index contributed by atoms with van der Waals surface area (Å²) in [6, 6.07) is 8.50. The molecule has 0 unspecified atom stereocenters. The van der Waals surface area contributed by atoms with Crippen LogP contribution < -0.4 is 10.6 Å². The van der Waals surface area contributed by atoms with Crippen LogP contribution in [-0.4, -0.2) is 26.0 Å². The molecule has 0 bridgehead atoms. The molecule has 1 aliphatic rings. The lowest BCUT2D eigenvalue weighted by Gasteiger charge is -2.40. The molecule has 0 aromatic heterocycles.